The molecule has 0 radical (unpaired) electrons. The first kappa shape index (κ1) is 15.1. The lowest BCUT2D eigenvalue weighted by atomic mass is 9.74. The summed E-state index contributed by atoms with van der Waals surface area (Å²) in [7, 11) is 0. The maximum absolute atomic E-state index is 10.7. The number of carbonyl (C=O) groups is 1. The molecule has 0 bridgehead atoms. The van der Waals surface area contributed by atoms with Gasteiger partial charge in [0.05, 0.1) is 6.61 Å². The highest BCUT2D eigenvalue weighted by Crippen LogP contribution is 2.40. The van der Waals surface area contributed by atoms with Gasteiger partial charge in [0.1, 0.15) is 6.61 Å². The van der Waals surface area contributed by atoms with Gasteiger partial charge in [0.25, 0.3) is 0 Å². The lowest BCUT2D eigenvalue weighted by Gasteiger charge is -2.34. The lowest BCUT2D eigenvalue weighted by Crippen LogP contribution is -2.31. The van der Waals surface area contributed by atoms with E-state index in [1.54, 1.807) is 0 Å². The van der Waals surface area contributed by atoms with Crippen LogP contribution in [-0.4, -0.2) is 23.7 Å². The second-order valence-electron chi connectivity index (χ2n) is 6.51. The number of nitrogens with two attached hydrogens (primary N) is 2. The molecule has 1 aliphatic carbocycles. The topological polar surface area (TPSA) is 83.3 Å². The highest BCUT2D eigenvalue weighted by Gasteiger charge is 2.33. The van der Waals surface area contributed by atoms with Crippen LogP contribution in [0, 0.1) is 12.3 Å². The summed E-state index contributed by atoms with van der Waals surface area (Å²) in [5.41, 5.74) is 15.4. The predicted molar refractivity (Wildman–Crippen MR) is 78.2 cm³/mol. The zero-order valence-corrected chi connectivity index (χ0v) is 12.6. The van der Waals surface area contributed by atoms with Gasteiger partial charge in [-0.15, -0.1) is 0 Å². The Bertz CT molecular complexity index is 505. The van der Waals surface area contributed by atoms with E-state index in [0.717, 1.165) is 19.4 Å². The molecule has 0 aromatic carbocycles. The second-order valence-corrected chi connectivity index (χ2v) is 6.51. The molecule has 1 amide bonds. The Balaban J connectivity index is 2.12. The van der Waals surface area contributed by atoms with E-state index in [-0.39, 0.29) is 18.1 Å². The van der Waals surface area contributed by atoms with Gasteiger partial charge in [-0.3, -0.25) is 4.79 Å². The molecule has 0 saturated carbocycles. The van der Waals surface area contributed by atoms with Gasteiger partial charge < -0.3 is 20.8 Å². The van der Waals surface area contributed by atoms with Crippen molar-refractivity contribution in [3.8, 4) is 0 Å². The van der Waals surface area contributed by atoms with Crippen LogP contribution < -0.4 is 11.5 Å². The lowest BCUT2D eigenvalue weighted by molar-refractivity contribution is -0.122. The largest absolute Gasteiger partial charge is 0.370 e. The maximum atomic E-state index is 10.7. The summed E-state index contributed by atoms with van der Waals surface area (Å²) in [6.45, 7) is 7.80. The molecule has 5 heteroatoms. The predicted octanol–water partition coefficient (Wildman–Crippen LogP) is 1.27. The number of aryl methyl sites for hydroxylation is 1. The fourth-order valence-corrected chi connectivity index (χ4v) is 3.14. The number of rotatable bonds is 5. The molecule has 0 aliphatic heterocycles. The minimum atomic E-state index is -0.431. The standard InChI is InChI=1S/C15H25N3O2/c1-10-6-11-12(16)7-15(2,3)8-13(11)18(10)4-5-20-9-14(17)19/h6,12H,4-5,7-9,16H2,1-3H3,(H2,17,19). The minimum absolute atomic E-state index is 0.0203. The van der Waals surface area contributed by atoms with Crippen LogP contribution in [0.4, 0.5) is 0 Å². The average Bonchev–Trinajstić information content (AvgIpc) is 2.60. The molecular weight excluding hydrogens is 254 g/mol. The van der Waals surface area contributed by atoms with Crippen LogP contribution in [0.2, 0.25) is 0 Å². The number of ether oxygens (including phenoxy) is 1. The molecule has 1 aromatic heterocycles. The van der Waals surface area contributed by atoms with Crippen LogP contribution in [0.5, 0.6) is 0 Å². The zero-order chi connectivity index (χ0) is 14.9. The average molecular weight is 279 g/mol. The van der Waals surface area contributed by atoms with E-state index in [4.69, 9.17) is 16.2 Å². The van der Waals surface area contributed by atoms with Gasteiger partial charge in [-0.05, 0) is 36.8 Å². The van der Waals surface area contributed by atoms with Crippen molar-refractivity contribution < 1.29 is 9.53 Å². The summed E-state index contributed by atoms with van der Waals surface area (Å²) >= 11 is 0. The van der Waals surface area contributed by atoms with Crippen LogP contribution >= 0.6 is 0 Å². The number of hydrogen-bond acceptors (Lipinski definition) is 3. The Morgan fingerprint density at radius 1 is 1.55 bits per heavy atom. The molecule has 5 nitrogen and oxygen atoms in total. The Labute approximate surface area is 120 Å². The van der Waals surface area contributed by atoms with Crippen molar-refractivity contribution in [2.45, 2.75) is 46.2 Å². The van der Waals surface area contributed by atoms with E-state index in [9.17, 15) is 4.79 Å². The molecule has 112 valence electrons. The molecule has 1 aliphatic rings. The van der Waals surface area contributed by atoms with Gasteiger partial charge in [0.15, 0.2) is 0 Å². The summed E-state index contributed by atoms with van der Waals surface area (Å²) in [6.07, 6.45) is 2.04. The third-order valence-electron chi connectivity index (χ3n) is 3.97. The van der Waals surface area contributed by atoms with Gasteiger partial charge in [-0.2, -0.15) is 0 Å². The molecule has 1 aromatic rings. The summed E-state index contributed by atoms with van der Waals surface area (Å²) in [4.78, 5) is 10.7. The fraction of sp³-hybridized carbons (Fsp3) is 0.667. The Kier molecular flexibility index (Phi) is 4.20. The first-order chi connectivity index (χ1) is 9.30. The van der Waals surface area contributed by atoms with Crippen molar-refractivity contribution >= 4 is 5.91 Å². The highest BCUT2D eigenvalue weighted by molar-refractivity contribution is 5.74. The fourth-order valence-electron chi connectivity index (χ4n) is 3.14. The van der Waals surface area contributed by atoms with Crippen LogP contribution in [-0.2, 0) is 22.5 Å². The monoisotopic (exact) mass is 279 g/mol. The Morgan fingerprint density at radius 3 is 2.90 bits per heavy atom. The van der Waals surface area contributed by atoms with Crippen molar-refractivity contribution in [3.63, 3.8) is 0 Å². The van der Waals surface area contributed by atoms with E-state index < -0.39 is 5.91 Å². The second kappa shape index (κ2) is 5.58. The molecule has 1 unspecified atom stereocenters. The molecule has 1 heterocycles. The van der Waals surface area contributed by atoms with Crippen molar-refractivity contribution in [1.29, 1.82) is 0 Å². The van der Waals surface area contributed by atoms with Crippen LogP contribution in [0.3, 0.4) is 0 Å². The molecule has 1 atom stereocenters. The third-order valence-corrected chi connectivity index (χ3v) is 3.97. The number of nitrogens with zero attached hydrogens (tertiary/aromatic N) is 1. The number of aromatic nitrogens is 1. The van der Waals surface area contributed by atoms with Gasteiger partial charge in [0, 0.05) is 24.0 Å². The maximum Gasteiger partial charge on any atom is 0.243 e. The zero-order valence-electron chi connectivity index (χ0n) is 12.6. The first-order valence-corrected chi connectivity index (χ1v) is 7.11. The molecule has 4 N–H and O–H groups in total. The summed E-state index contributed by atoms with van der Waals surface area (Å²) in [5, 5.41) is 0. The number of carbonyl (C=O) groups excluding carboxylic acids is 1. The number of fused-ring (bicyclic) bond motifs is 1. The molecule has 0 spiro atoms. The third kappa shape index (κ3) is 3.22. The van der Waals surface area contributed by atoms with Crippen LogP contribution in [0.1, 0.15) is 43.3 Å². The smallest absolute Gasteiger partial charge is 0.243 e. The number of hydrogen-bond donors (Lipinski definition) is 2. The van der Waals surface area contributed by atoms with Gasteiger partial charge in [-0.1, -0.05) is 13.8 Å². The summed E-state index contributed by atoms with van der Waals surface area (Å²) in [6, 6.07) is 2.30. The van der Waals surface area contributed by atoms with Gasteiger partial charge in [-0.25, -0.2) is 0 Å². The minimum Gasteiger partial charge on any atom is -0.370 e. The van der Waals surface area contributed by atoms with E-state index in [0.29, 0.717) is 6.61 Å². The molecular formula is C15H25N3O2. The quantitative estimate of drug-likeness (QED) is 0.796. The van der Waals surface area contributed by atoms with Crippen molar-refractivity contribution in [2.75, 3.05) is 13.2 Å². The van der Waals surface area contributed by atoms with Crippen LogP contribution in [0.15, 0.2) is 6.07 Å². The van der Waals surface area contributed by atoms with E-state index in [1.165, 1.54) is 17.0 Å². The molecule has 0 fully saturated rings. The van der Waals surface area contributed by atoms with E-state index in [2.05, 4.69) is 31.4 Å². The van der Waals surface area contributed by atoms with Crippen molar-refractivity contribution in [1.82, 2.24) is 4.57 Å². The highest BCUT2D eigenvalue weighted by atomic mass is 16.5. The molecule has 20 heavy (non-hydrogen) atoms. The van der Waals surface area contributed by atoms with Gasteiger partial charge in [0.2, 0.25) is 5.91 Å². The number of primary amides is 1. The first-order valence-electron chi connectivity index (χ1n) is 7.11. The Hall–Kier alpha value is -1.33. The van der Waals surface area contributed by atoms with E-state index in [1.807, 2.05) is 0 Å². The normalized spacial score (nSPS) is 20.7. The van der Waals surface area contributed by atoms with Crippen LogP contribution in [0.25, 0.3) is 0 Å². The van der Waals surface area contributed by atoms with Crippen molar-refractivity contribution in [3.05, 3.63) is 23.0 Å². The molecule has 0 saturated heterocycles. The summed E-state index contributed by atoms with van der Waals surface area (Å²) < 4.78 is 7.53. The number of amides is 1. The SMILES string of the molecule is Cc1cc2c(n1CCOCC(N)=O)CC(C)(C)CC2N. The Morgan fingerprint density at radius 2 is 2.25 bits per heavy atom. The molecule has 2 rings (SSSR count). The summed E-state index contributed by atoms with van der Waals surface area (Å²) in [5.74, 6) is -0.431. The van der Waals surface area contributed by atoms with Gasteiger partial charge >= 0.3 is 0 Å². The van der Waals surface area contributed by atoms with E-state index >= 15 is 0 Å². The van der Waals surface area contributed by atoms with Crippen molar-refractivity contribution in [2.24, 2.45) is 16.9 Å².